The predicted octanol–water partition coefficient (Wildman–Crippen LogP) is 3.66. The zero-order chi connectivity index (χ0) is 15.6. The van der Waals surface area contributed by atoms with Gasteiger partial charge in [0.05, 0.1) is 11.9 Å². The Hall–Kier alpha value is -2.43. The van der Waals surface area contributed by atoms with E-state index in [0.717, 1.165) is 11.3 Å². The van der Waals surface area contributed by atoms with Gasteiger partial charge in [-0.2, -0.15) is 0 Å². The Morgan fingerprint density at radius 2 is 1.95 bits per heavy atom. The summed E-state index contributed by atoms with van der Waals surface area (Å²) in [5.74, 6) is -0.456. The van der Waals surface area contributed by atoms with Crippen molar-refractivity contribution in [2.75, 3.05) is 5.32 Å². The Labute approximate surface area is 124 Å². The lowest BCUT2D eigenvalue weighted by Gasteiger charge is -2.12. The maximum atomic E-state index is 11.4. The highest BCUT2D eigenvalue weighted by Gasteiger charge is 2.15. The third-order valence-electron chi connectivity index (χ3n) is 3.31. The minimum absolute atomic E-state index is 0.00747. The molecule has 5 heteroatoms. The van der Waals surface area contributed by atoms with Gasteiger partial charge in [-0.3, -0.25) is 0 Å². The second kappa shape index (κ2) is 5.91. The fourth-order valence-corrected chi connectivity index (χ4v) is 1.90. The zero-order valence-corrected chi connectivity index (χ0v) is 12.6. The first-order valence-electron chi connectivity index (χ1n) is 6.83. The van der Waals surface area contributed by atoms with Crippen molar-refractivity contribution in [3.05, 3.63) is 47.0 Å². The van der Waals surface area contributed by atoms with Crippen LogP contribution in [0, 0.1) is 13.8 Å². The summed E-state index contributed by atoms with van der Waals surface area (Å²) in [6.45, 7) is 7.90. The number of carboxylic acid groups (broad SMARTS) is 1. The van der Waals surface area contributed by atoms with Crippen LogP contribution in [0.3, 0.4) is 0 Å². The number of carboxylic acids is 1. The summed E-state index contributed by atoms with van der Waals surface area (Å²) in [5.41, 5.74) is 3.53. The van der Waals surface area contributed by atoms with E-state index in [2.05, 4.69) is 15.3 Å². The van der Waals surface area contributed by atoms with Crippen molar-refractivity contribution in [2.24, 2.45) is 0 Å². The topological polar surface area (TPSA) is 75.1 Å². The van der Waals surface area contributed by atoms with E-state index in [4.69, 9.17) is 0 Å². The Balaban J connectivity index is 2.39. The van der Waals surface area contributed by atoms with Crippen LogP contribution in [0.2, 0.25) is 0 Å². The Bertz CT molecular complexity index is 681. The monoisotopic (exact) mass is 285 g/mol. The van der Waals surface area contributed by atoms with Gasteiger partial charge in [-0.25, -0.2) is 14.8 Å². The lowest BCUT2D eigenvalue weighted by molar-refractivity contribution is 0.0691. The van der Waals surface area contributed by atoms with Crippen LogP contribution in [0.4, 0.5) is 11.4 Å². The van der Waals surface area contributed by atoms with Gasteiger partial charge in [0, 0.05) is 11.6 Å². The summed E-state index contributed by atoms with van der Waals surface area (Å²) in [6.07, 6.45) is 1.53. The smallest absolute Gasteiger partial charge is 0.356 e. The van der Waals surface area contributed by atoms with Gasteiger partial charge in [0.1, 0.15) is 5.82 Å². The molecule has 0 fully saturated rings. The van der Waals surface area contributed by atoms with Gasteiger partial charge in [-0.15, -0.1) is 0 Å². The number of nitrogens with one attached hydrogen (secondary N) is 1. The van der Waals surface area contributed by atoms with Crippen LogP contribution in [-0.4, -0.2) is 21.0 Å². The molecule has 0 amide bonds. The summed E-state index contributed by atoms with van der Waals surface area (Å²) in [6, 6.07) is 5.86. The van der Waals surface area contributed by atoms with Crippen molar-refractivity contribution in [1.29, 1.82) is 0 Å². The van der Waals surface area contributed by atoms with Crippen molar-refractivity contribution in [1.82, 2.24) is 9.97 Å². The molecule has 2 aromatic rings. The van der Waals surface area contributed by atoms with Crippen molar-refractivity contribution in [2.45, 2.75) is 33.6 Å². The lowest BCUT2D eigenvalue weighted by atomic mass is 10.1. The van der Waals surface area contributed by atoms with E-state index in [1.807, 2.05) is 45.9 Å². The molecule has 0 aliphatic carbocycles. The van der Waals surface area contributed by atoms with Crippen molar-refractivity contribution in [3.63, 3.8) is 0 Å². The summed E-state index contributed by atoms with van der Waals surface area (Å²) < 4.78 is 0. The molecular weight excluding hydrogens is 266 g/mol. The minimum atomic E-state index is -1.06. The number of hydrogen-bond donors (Lipinski definition) is 2. The number of hydrogen-bond acceptors (Lipinski definition) is 4. The number of aryl methyl sites for hydroxylation is 2. The van der Waals surface area contributed by atoms with Gasteiger partial charge in [0.15, 0.2) is 5.69 Å². The fraction of sp³-hybridized carbons (Fsp3) is 0.312. The third-order valence-corrected chi connectivity index (χ3v) is 3.31. The number of aromatic nitrogens is 2. The summed E-state index contributed by atoms with van der Waals surface area (Å²) in [4.78, 5) is 19.7. The first-order chi connectivity index (χ1) is 9.88. The van der Waals surface area contributed by atoms with Gasteiger partial charge in [-0.1, -0.05) is 19.9 Å². The Kier molecular flexibility index (Phi) is 4.21. The SMILES string of the molecule is Cc1ccc(Nc2cnc(C(C)C)nc2C(=O)O)cc1C. The molecule has 1 aromatic carbocycles. The molecule has 0 radical (unpaired) electrons. The third kappa shape index (κ3) is 3.37. The molecule has 0 spiro atoms. The molecule has 5 nitrogen and oxygen atoms in total. The van der Waals surface area contributed by atoms with E-state index in [9.17, 15) is 9.90 Å². The van der Waals surface area contributed by atoms with E-state index >= 15 is 0 Å². The van der Waals surface area contributed by atoms with Crippen molar-refractivity contribution in [3.8, 4) is 0 Å². The number of benzene rings is 1. The molecule has 0 saturated carbocycles. The molecule has 0 saturated heterocycles. The number of rotatable bonds is 4. The molecule has 0 aliphatic rings. The average molecular weight is 285 g/mol. The summed E-state index contributed by atoms with van der Waals surface area (Å²) in [5, 5.41) is 12.4. The van der Waals surface area contributed by atoms with Crippen LogP contribution in [0.15, 0.2) is 24.4 Å². The maximum absolute atomic E-state index is 11.4. The van der Waals surface area contributed by atoms with Crippen LogP contribution >= 0.6 is 0 Å². The Morgan fingerprint density at radius 1 is 1.24 bits per heavy atom. The van der Waals surface area contributed by atoms with Gasteiger partial charge < -0.3 is 10.4 Å². The molecule has 0 aliphatic heterocycles. The van der Waals surface area contributed by atoms with Crippen molar-refractivity contribution < 1.29 is 9.90 Å². The highest BCUT2D eigenvalue weighted by atomic mass is 16.4. The first-order valence-corrected chi connectivity index (χ1v) is 6.83. The van der Waals surface area contributed by atoms with Gasteiger partial charge in [0.25, 0.3) is 0 Å². The van der Waals surface area contributed by atoms with Crippen LogP contribution in [0.1, 0.15) is 47.2 Å². The van der Waals surface area contributed by atoms with Crippen LogP contribution in [-0.2, 0) is 0 Å². The molecular formula is C16H19N3O2. The van der Waals surface area contributed by atoms with Gasteiger partial charge in [0.2, 0.25) is 0 Å². The largest absolute Gasteiger partial charge is 0.476 e. The number of carbonyl (C=O) groups is 1. The molecule has 0 bridgehead atoms. The van der Waals surface area contributed by atoms with Crippen LogP contribution in [0.5, 0.6) is 0 Å². The number of anilines is 2. The maximum Gasteiger partial charge on any atom is 0.356 e. The van der Waals surface area contributed by atoms with Crippen LogP contribution < -0.4 is 5.32 Å². The van der Waals surface area contributed by atoms with Gasteiger partial charge in [-0.05, 0) is 37.1 Å². The van der Waals surface area contributed by atoms with Gasteiger partial charge >= 0.3 is 5.97 Å². The molecule has 21 heavy (non-hydrogen) atoms. The normalized spacial score (nSPS) is 10.7. The van der Waals surface area contributed by atoms with E-state index in [1.54, 1.807) is 0 Å². The standard InChI is InChI=1S/C16H19N3O2/c1-9(2)15-17-8-13(14(19-15)16(20)21)18-12-6-5-10(3)11(4)7-12/h5-9,18H,1-4H3,(H,20,21). The first kappa shape index (κ1) is 15.0. The molecule has 110 valence electrons. The van der Waals surface area contributed by atoms with E-state index in [0.29, 0.717) is 11.5 Å². The highest BCUT2D eigenvalue weighted by molar-refractivity contribution is 5.92. The van der Waals surface area contributed by atoms with Crippen molar-refractivity contribution >= 4 is 17.3 Å². The second-order valence-corrected chi connectivity index (χ2v) is 5.37. The fourth-order valence-electron chi connectivity index (χ4n) is 1.90. The number of nitrogens with zero attached hydrogens (tertiary/aromatic N) is 2. The number of aromatic carboxylic acids is 1. The van der Waals surface area contributed by atoms with E-state index in [-0.39, 0.29) is 11.6 Å². The second-order valence-electron chi connectivity index (χ2n) is 5.37. The minimum Gasteiger partial charge on any atom is -0.476 e. The molecule has 1 aromatic heterocycles. The van der Waals surface area contributed by atoms with E-state index < -0.39 is 5.97 Å². The quantitative estimate of drug-likeness (QED) is 0.896. The molecule has 2 N–H and O–H groups in total. The zero-order valence-electron chi connectivity index (χ0n) is 12.6. The summed E-state index contributed by atoms with van der Waals surface area (Å²) >= 11 is 0. The highest BCUT2D eigenvalue weighted by Crippen LogP contribution is 2.22. The molecule has 1 heterocycles. The molecule has 0 unspecified atom stereocenters. The molecule has 0 atom stereocenters. The van der Waals surface area contributed by atoms with Crippen LogP contribution in [0.25, 0.3) is 0 Å². The lowest BCUT2D eigenvalue weighted by Crippen LogP contribution is -2.10. The summed E-state index contributed by atoms with van der Waals surface area (Å²) in [7, 11) is 0. The van der Waals surface area contributed by atoms with E-state index in [1.165, 1.54) is 11.8 Å². The molecule has 2 rings (SSSR count). The average Bonchev–Trinajstić information content (AvgIpc) is 2.43. The predicted molar refractivity (Wildman–Crippen MR) is 82.3 cm³/mol. The Morgan fingerprint density at radius 3 is 2.52 bits per heavy atom.